The van der Waals surface area contributed by atoms with E-state index in [2.05, 4.69) is 22.4 Å². The van der Waals surface area contributed by atoms with Gasteiger partial charge in [-0.3, -0.25) is 4.79 Å². The van der Waals surface area contributed by atoms with Crippen molar-refractivity contribution in [2.75, 3.05) is 23.9 Å². The lowest BCUT2D eigenvalue weighted by Gasteiger charge is -2.12. The molecule has 0 aliphatic heterocycles. The molecule has 37 heavy (non-hydrogen) atoms. The molecule has 8 nitrogen and oxygen atoms in total. The molecular weight excluding hydrogens is 527 g/mol. The van der Waals surface area contributed by atoms with Gasteiger partial charge in [0.2, 0.25) is 5.91 Å². The third-order valence-electron chi connectivity index (χ3n) is 6.06. The lowest BCUT2D eigenvalue weighted by molar-refractivity contribution is -0.115. The predicted molar refractivity (Wildman–Crippen MR) is 147 cm³/mol. The monoisotopic (exact) mass is 551 g/mol. The maximum absolute atomic E-state index is 12.9. The van der Waals surface area contributed by atoms with E-state index in [1.54, 1.807) is 0 Å². The number of ether oxygens (including phenoxy) is 1. The van der Waals surface area contributed by atoms with Crippen molar-refractivity contribution in [3.63, 3.8) is 0 Å². The number of anilines is 2. The van der Waals surface area contributed by atoms with Gasteiger partial charge in [0.25, 0.3) is 0 Å². The normalized spacial score (nSPS) is 12.9. The summed E-state index contributed by atoms with van der Waals surface area (Å²) in [6, 6.07) is 7.89. The molecule has 0 aromatic carbocycles. The minimum Gasteiger partial charge on any atom is -0.465 e. The maximum atomic E-state index is 12.9. The number of methoxy groups -OCH3 is 1. The number of aromatic nitrogens is 1. The van der Waals surface area contributed by atoms with Crippen molar-refractivity contribution in [2.45, 2.75) is 50.0 Å². The first kappa shape index (κ1) is 26.7. The van der Waals surface area contributed by atoms with Crippen LogP contribution in [-0.2, 0) is 22.4 Å². The van der Waals surface area contributed by atoms with E-state index in [-0.39, 0.29) is 29.3 Å². The first-order valence-electron chi connectivity index (χ1n) is 11.8. The number of nitrogen functional groups attached to an aromatic ring is 1. The van der Waals surface area contributed by atoms with Crippen LogP contribution in [0.5, 0.6) is 0 Å². The van der Waals surface area contributed by atoms with E-state index >= 15 is 0 Å². The fraction of sp³-hybridized carbons (Fsp3) is 0.346. The highest BCUT2D eigenvalue weighted by molar-refractivity contribution is 7.99. The molecule has 1 amide bonds. The molecule has 3 N–H and O–H groups in total. The summed E-state index contributed by atoms with van der Waals surface area (Å²) in [5.41, 5.74) is 8.43. The van der Waals surface area contributed by atoms with Crippen LogP contribution in [0.1, 0.15) is 64.0 Å². The molecule has 0 spiro atoms. The molecule has 3 aromatic rings. The molecule has 0 radical (unpaired) electrons. The third-order valence-corrected chi connectivity index (χ3v) is 9.14. The van der Waals surface area contributed by atoms with E-state index in [0.717, 1.165) is 53.8 Å². The first-order chi connectivity index (χ1) is 18.0. The van der Waals surface area contributed by atoms with Crippen LogP contribution in [0.2, 0.25) is 0 Å². The van der Waals surface area contributed by atoms with Crippen LogP contribution < -0.4 is 11.1 Å². The zero-order chi connectivity index (χ0) is 26.4. The number of nitrogens with two attached hydrogens (primary N) is 1. The fourth-order valence-electron chi connectivity index (χ4n) is 4.32. The summed E-state index contributed by atoms with van der Waals surface area (Å²) in [6.07, 6.45) is 6.19. The Labute approximate surface area is 227 Å². The maximum Gasteiger partial charge on any atom is 0.341 e. The van der Waals surface area contributed by atoms with Gasteiger partial charge in [-0.05, 0) is 42.7 Å². The van der Waals surface area contributed by atoms with Crippen LogP contribution in [0.3, 0.4) is 0 Å². The minimum atomic E-state index is -0.431. The summed E-state index contributed by atoms with van der Waals surface area (Å²) in [6.45, 7) is 0. The van der Waals surface area contributed by atoms with Crippen molar-refractivity contribution in [1.29, 1.82) is 10.5 Å². The van der Waals surface area contributed by atoms with Crippen LogP contribution in [-0.4, -0.2) is 29.7 Å². The minimum absolute atomic E-state index is 0.0515. The molecule has 1 aliphatic carbocycles. The number of thioether (sulfide) groups is 1. The summed E-state index contributed by atoms with van der Waals surface area (Å²) < 4.78 is 5.03. The van der Waals surface area contributed by atoms with Gasteiger partial charge in [0.1, 0.15) is 33.5 Å². The van der Waals surface area contributed by atoms with Crippen molar-refractivity contribution in [1.82, 2.24) is 4.98 Å². The number of pyridine rings is 1. The number of nitrogens with zero attached hydrogens (tertiary/aromatic N) is 3. The highest BCUT2D eigenvalue weighted by Gasteiger charge is 2.26. The van der Waals surface area contributed by atoms with Crippen LogP contribution in [0.25, 0.3) is 10.4 Å². The molecule has 3 aromatic heterocycles. The average molecular weight is 552 g/mol. The standard InChI is InChI=1S/C26H25N5O3S3/c1-34-26(33)22-15-7-4-2-3-5-8-18(15)37-25(22)30-20(32)10-12-36-24-17(14-28)21(19-9-6-11-35-19)16(13-27)23(29)31-24/h6,9,11H,2-5,7-8,10,12H2,1H3,(H2,29,31)(H,30,32). The van der Waals surface area contributed by atoms with E-state index in [4.69, 9.17) is 10.5 Å². The van der Waals surface area contributed by atoms with Crippen molar-refractivity contribution in [2.24, 2.45) is 0 Å². The highest BCUT2D eigenvalue weighted by Crippen LogP contribution is 2.39. The van der Waals surface area contributed by atoms with Crippen LogP contribution >= 0.6 is 34.4 Å². The molecule has 0 atom stereocenters. The molecule has 0 fully saturated rings. The third kappa shape index (κ3) is 5.80. The quantitative estimate of drug-likeness (QED) is 0.279. The van der Waals surface area contributed by atoms with Crippen molar-refractivity contribution in [3.05, 3.63) is 44.6 Å². The number of nitrogens with one attached hydrogen (secondary N) is 1. The van der Waals surface area contributed by atoms with E-state index in [0.29, 0.717) is 26.9 Å². The Morgan fingerprint density at radius 1 is 1.19 bits per heavy atom. The highest BCUT2D eigenvalue weighted by atomic mass is 32.2. The molecule has 11 heteroatoms. The molecule has 3 heterocycles. The second-order valence-electron chi connectivity index (χ2n) is 8.39. The van der Waals surface area contributed by atoms with Crippen molar-refractivity contribution < 1.29 is 14.3 Å². The van der Waals surface area contributed by atoms with Gasteiger partial charge in [0, 0.05) is 27.5 Å². The van der Waals surface area contributed by atoms with Gasteiger partial charge >= 0.3 is 5.97 Å². The molecule has 0 saturated carbocycles. The van der Waals surface area contributed by atoms with Crippen LogP contribution in [0.4, 0.5) is 10.8 Å². The zero-order valence-electron chi connectivity index (χ0n) is 20.3. The topological polar surface area (TPSA) is 142 Å². The zero-order valence-corrected chi connectivity index (χ0v) is 22.7. The molecule has 1 aliphatic rings. The summed E-state index contributed by atoms with van der Waals surface area (Å²) in [4.78, 5) is 31.6. The van der Waals surface area contributed by atoms with E-state index < -0.39 is 5.97 Å². The number of carbonyl (C=O) groups excluding carboxylic acids is 2. The van der Waals surface area contributed by atoms with Gasteiger partial charge in [-0.1, -0.05) is 18.9 Å². The first-order valence-corrected chi connectivity index (χ1v) is 14.5. The Morgan fingerprint density at radius 2 is 1.95 bits per heavy atom. The number of hydrogen-bond donors (Lipinski definition) is 2. The Balaban J connectivity index is 1.51. The van der Waals surface area contributed by atoms with Gasteiger partial charge in [0.15, 0.2) is 0 Å². The number of rotatable bonds is 7. The second-order valence-corrected chi connectivity index (χ2v) is 11.5. The molecular formula is C26H25N5O3S3. The van der Waals surface area contributed by atoms with Crippen LogP contribution in [0.15, 0.2) is 22.5 Å². The SMILES string of the molecule is COC(=O)c1c(NC(=O)CCSc2nc(N)c(C#N)c(-c3cccs3)c2C#N)sc2c1CCCCCC2. The lowest BCUT2D eigenvalue weighted by atomic mass is 9.96. The number of thiophene rings is 2. The number of amides is 1. The Morgan fingerprint density at radius 3 is 2.62 bits per heavy atom. The lowest BCUT2D eigenvalue weighted by Crippen LogP contribution is -2.15. The molecule has 190 valence electrons. The van der Waals surface area contributed by atoms with Gasteiger partial charge in [-0.25, -0.2) is 9.78 Å². The van der Waals surface area contributed by atoms with Gasteiger partial charge < -0.3 is 15.8 Å². The Hall–Kier alpha value is -3.38. The van der Waals surface area contributed by atoms with Crippen molar-refractivity contribution >= 4 is 57.1 Å². The molecule has 0 unspecified atom stereocenters. The molecule has 0 bridgehead atoms. The largest absolute Gasteiger partial charge is 0.465 e. The number of fused-ring (bicyclic) bond motifs is 1. The number of nitriles is 2. The van der Waals surface area contributed by atoms with Crippen LogP contribution in [0, 0.1) is 22.7 Å². The fourth-order valence-corrected chi connectivity index (χ4v) is 7.34. The molecule has 0 saturated heterocycles. The average Bonchev–Trinajstić information content (AvgIpc) is 3.51. The summed E-state index contributed by atoms with van der Waals surface area (Å²) in [5, 5.41) is 25.2. The number of hydrogen-bond acceptors (Lipinski definition) is 10. The number of carbonyl (C=O) groups is 2. The van der Waals surface area contributed by atoms with E-state index in [9.17, 15) is 20.1 Å². The predicted octanol–water partition coefficient (Wildman–Crippen LogP) is 5.76. The summed E-state index contributed by atoms with van der Waals surface area (Å²) >= 11 is 4.10. The Bertz CT molecular complexity index is 1400. The van der Waals surface area contributed by atoms with E-state index in [1.165, 1.54) is 41.5 Å². The van der Waals surface area contributed by atoms with Crippen molar-refractivity contribution in [3.8, 4) is 22.6 Å². The van der Waals surface area contributed by atoms with Gasteiger partial charge in [0.05, 0.1) is 18.2 Å². The number of esters is 1. The smallest absolute Gasteiger partial charge is 0.341 e. The Kier molecular flexibility index (Phi) is 8.82. The number of aryl methyl sites for hydroxylation is 1. The van der Waals surface area contributed by atoms with Gasteiger partial charge in [-0.15, -0.1) is 34.4 Å². The second kappa shape index (κ2) is 12.2. The summed E-state index contributed by atoms with van der Waals surface area (Å²) in [7, 11) is 1.35. The summed E-state index contributed by atoms with van der Waals surface area (Å²) in [5.74, 6) is -0.290. The van der Waals surface area contributed by atoms with Gasteiger partial charge in [-0.2, -0.15) is 10.5 Å². The van der Waals surface area contributed by atoms with E-state index in [1.807, 2.05) is 17.5 Å². The molecule has 4 rings (SSSR count).